The van der Waals surface area contributed by atoms with E-state index in [1.165, 1.54) is 11.3 Å². The smallest absolute Gasteiger partial charge is 0.189 e. The minimum Gasteiger partial charge on any atom is -0.292 e. The summed E-state index contributed by atoms with van der Waals surface area (Å²) in [4.78, 5) is 13.8. The van der Waals surface area contributed by atoms with E-state index in [4.69, 9.17) is 5.26 Å². The molecule has 0 saturated heterocycles. The van der Waals surface area contributed by atoms with Gasteiger partial charge in [0.05, 0.1) is 10.9 Å². The number of thiophene rings is 1. The predicted octanol–water partition coefficient (Wildman–Crippen LogP) is 3.49. The molecule has 0 fully saturated rings. The fourth-order valence-electron chi connectivity index (χ4n) is 1.41. The van der Waals surface area contributed by atoms with Gasteiger partial charge >= 0.3 is 0 Å². The second kappa shape index (κ2) is 5.09. The van der Waals surface area contributed by atoms with Crippen LogP contribution in [0.3, 0.4) is 0 Å². The zero-order valence-corrected chi connectivity index (χ0v) is 10.1. The van der Waals surface area contributed by atoms with Crippen molar-refractivity contribution < 1.29 is 4.79 Å². The van der Waals surface area contributed by atoms with E-state index in [-0.39, 0.29) is 5.78 Å². The summed E-state index contributed by atoms with van der Waals surface area (Å²) in [7, 11) is 0. The van der Waals surface area contributed by atoms with Crippen LogP contribution >= 0.6 is 11.3 Å². The number of Topliss-reactive ketones (excluding diaryl/α,β-unsaturated/α-hetero) is 1. The van der Waals surface area contributed by atoms with E-state index < -0.39 is 5.92 Å². The zero-order chi connectivity index (χ0) is 11.4. The summed E-state index contributed by atoms with van der Waals surface area (Å²) >= 11 is 1.49. The van der Waals surface area contributed by atoms with Gasteiger partial charge in [0.25, 0.3) is 0 Å². The Morgan fingerprint density at radius 2 is 2.27 bits per heavy atom. The molecular formula is C12H15NOS. The number of nitriles is 1. The molecule has 1 aromatic rings. The Labute approximate surface area is 94.5 Å². The minimum atomic E-state index is -0.465. The summed E-state index contributed by atoms with van der Waals surface area (Å²) < 4.78 is 0. The van der Waals surface area contributed by atoms with Gasteiger partial charge in [0.15, 0.2) is 5.78 Å². The summed E-state index contributed by atoms with van der Waals surface area (Å²) in [6.07, 6.45) is 1.53. The van der Waals surface area contributed by atoms with Gasteiger partial charge in [-0.3, -0.25) is 4.79 Å². The lowest BCUT2D eigenvalue weighted by Gasteiger charge is -2.03. The van der Waals surface area contributed by atoms with Gasteiger partial charge in [-0.1, -0.05) is 13.3 Å². The molecule has 80 valence electrons. The highest BCUT2D eigenvalue weighted by Gasteiger charge is 2.20. The van der Waals surface area contributed by atoms with E-state index in [0.29, 0.717) is 6.42 Å². The van der Waals surface area contributed by atoms with Gasteiger partial charge in [-0.2, -0.15) is 5.26 Å². The number of carbonyl (C=O) groups is 1. The van der Waals surface area contributed by atoms with Crippen LogP contribution in [-0.2, 0) is 0 Å². The van der Waals surface area contributed by atoms with E-state index in [1.54, 1.807) is 0 Å². The van der Waals surface area contributed by atoms with Crippen molar-refractivity contribution in [3.05, 3.63) is 21.4 Å². The van der Waals surface area contributed by atoms with Crippen LogP contribution in [-0.4, -0.2) is 5.78 Å². The molecule has 0 aliphatic heterocycles. The quantitative estimate of drug-likeness (QED) is 0.730. The fraction of sp³-hybridized carbons (Fsp3) is 0.500. The summed E-state index contributed by atoms with van der Waals surface area (Å²) in [6, 6.07) is 3.98. The van der Waals surface area contributed by atoms with Gasteiger partial charge in [-0.05, 0) is 31.9 Å². The lowest BCUT2D eigenvalue weighted by Crippen LogP contribution is -2.11. The van der Waals surface area contributed by atoms with E-state index in [1.807, 2.05) is 26.8 Å². The Balaban J connectivity index is 2.89. The maximum Gasteiger partial charge on any atom is 0.189 e. The fourth-order valence-corrected chi connectivity index (χ4v) is 2.44. The van der Waals surface area contributed by atoms with Crippen LogP contribution in [0.5, 0.6) is 0 Å². The summed E-state index contributed by atoms with van der Waals surface area (Å²) in [5, 5.41) is 8.90. The highest BCUT2D eigenvalue weighted by atomic mass is 32.1. The highest BCUT2D eigenvalue weighted by Crippen LogP contribution is 2.24. The molecule has 1 atom stereocenters. The van der Waals surface area contributed by atoms with Crippen LogP contribution in [0.15, 0.2) is 6.07 Å². The second-order valence-electron chi connectivity index (χ2n) is 3.68. The first-order valence-electron chi connectivity index (χ1n) is 5.11. The first-order valence-corrected chi connectivity index (χ1v) is 5.92. The SMILES string of the molecule is CCCC(C#N)C(=O)c1cc(C)c(C)s1. The minimum absolute atomic E-state index is 0.0134. The Morgan fingerprint density at radius 1 is 1.60 bits per heavy atom. The van der Waals surface area contributed by atoms with Crippen LogP contribution in [0.2, 0.25) is 0 Å². The third kappa shape index (κ3) is 2.66. The molecule has 0 N–H and O–H groups in total. The van der Waals surface area contributed by atoms with Crippen molar-refractivity contribution in [2.45, 2.75) is 33.6 Å². The molecule has 0 spiro atoms. The van der Waals surface area contributed by atoms with Gasteiger partial charge in [-0.15, -0.1) is 11.3 Å². The van der Waals surface area contributed by atoms with Crippen LogP contribution in [0.25, 0.3) is 0 Å². The van der Waals surface area contributed by atoms with Crippen LogP contribution < -0.4 is 0 Å². The second-order valence-corrected chi connectivity index (χ2v) is 4.94. The van der Waals surface area contributed by atoms with Crippen molar-refractivity contribution in [2.75, 3.05) is 0 Å². The van der Waals surface area contributed by atoms with Gasteiger partial charge < -0.3 is 0 Å². The Hall–Kier alpha value is -1.14. The largest absolute Gasteiger partial charge is 0.292 e. The summed E-state index contributed by atoms with van der Waals surface area (Å²) in [6.45, 7) is 5.98. The van der Waals surface area contributed by atoms with Crippen molar-refractivity contribution >= 4 is 17.1 Å². The molecule has 1 heterocycles. The lowest BCUT2D eigenvalue weighted by atomic mass is 9.99. The molecule has 0 amide bonds. The lowest BCUT2D eigenvalue weighted by molar-refractivity contribution is 0.0947. The maximum atomic E-state index is 11.9. The Kier molecular flexibility index (Phi) is 4.05. The van der Waals surface area contributed by atoms with Crippen LogP contribution in [0.4, 0.5) is 0 Å². The molecule has 0 aromatic carbocycles. The number of aryl methyl sites for hydroxylation is 2. The molecule has 1 unspecified atom stereocenters. The Bertz CT molecular complexity index is 381. The average Bonchev–Trinajstić information content (AvgIpc) is 2.55. The molecule has 0 aliphatic rings. The average molecular weight is 221 g/mol. The van der Waals surface area contributed by atoms with Crippen molar-refractivity contribution in [3.63, 3.8) is 0 Å². The molecule has 0 radical (unpaired) electrons. The van der Waals surface area contributed by atoms with Gasteiger partial charge in [0.2, 0.25) is 0 Å². The molecule has 15 heavy (non-hydrogen) atoms. The third-order valence-corrected chi connectivity index (χ3v) is 3.63. The number of rotatable bonds is 4. The predicted molar refractivity (Wildman–Crippen MR) is 62.1 cm³/mol. The maximum absolute atomic E-state index is 11.9. The normalized spacial score (nSPS) is 12.1. The van der Waals surface area contributed by atoms with E-state index in [9.17, 15) is 4.79 Å². The number of hydrogen-bond donors (Lipinski definition) is 0. The first kappa shape index (κ1) is 11.9. The van der Waals surface area contributed by atoms with E-state index in [2.05, 4.69) is 6.07 Å². The molecule has 1 aromatic heterocycles. The molecule has 2 nitrogen and oxygen atoms in total. The highest BCUT2D eigenvalue weighted by molar-refractivity contribution is 7.14. The number of carbonyl (C=O) groups excluding carboxylic acids is 1. The van der Waals surface area contributed by atoms with Crippen molar-refractivity contribution in [1.82, 2.24) is 0 Å². The van der Waals surface area contributed by atoms with Crippen LogP contribution in [0.1, 0.15) is 39.9 Å². The van der Waals surface area contributed by atoms with Gasteiger partial charge in [-0.25, -0.2) is 0 Å². The molecule has 0 bridgehead atoms. The third-order valence-electron chi connectivity index (χ3n) is 2.46. The van der Waals surface area contributed by atoms with Gasteiger partial charge in [0.1, 0.15) is 5.92 Å². The molecule has 0 aliphatic carbocycles. The van der Waals surface area contributed by atoms with Crippen molar-refractivity contribution in [1.29, 1.82) is 5.26 Å². The Morgan fingerprint density at radius 3 is 2.67 bits per heavy atom. The summed E-state index contributed by atoms with van der Waals surface area (Å²) in [5.41, 5.74) is 1.14. The van der Waals surface area contributed by atoms with E-state index in [0.717, 1.165) is 21.7 Å². The topological polar surface area (TPSA) is 40.9 Å². The van der Waals surface area contributed by atoms with Crippen molar-refractivity contribution in [2.24, 2.45) is 5.92 Å². The summed E-state index contributed by atoms with van der Waals surface area (Å²) in [5.74, 6) is -0.479. The number of hydrogen-bond acceptors (Lipinski definition) is 3. The van der Waals surface area contributed by atoms with Crippen molar-refractivity contribution in [3.8, 4) is 6.07 Å². The zero-order valence-electron chi connectivity index (χ0n) is 9.33. The molecule has 3 heteroatoms. The molecule has 0 saturated carbocycles. The van der Waals surface area contributed by atoms with Gasteiger partial charge in [0, 0.05) is 4.88 Å². The standard InChI is InChI=1S/C12H15NOS/c1-4-5-10(7-13)12(14)11-6-8(2)9(3)15-11/h6,10H,4-5H2,1-3H3. The molecular weight excluding hydrogens is 206 g/mol. The van der Waals surface area contributed by atoms with Crippen LogP contribution in [0, 0.1) is 31.1 Å². The number of ketones is 1. The number of nitrogens with zero attached hydrogens (tertiary/aromatic N) is 1. The van der Waals surface area contributed by atoms with E-state index >= 15 is 0 Å². The molecule has 1 rings (SSSR count). The monoisotopic (exact) mass is 221 g/mol. The first-order chi connectivity index (χ1) is 7.10.